The number of carboxylic acids is 1. The van der Waals surface area contributed by atoms with Crippen molar-refractivity contribution in [1.82, 2.24) is 9.88 Å². The number of carbonyl (C=O) groups excluding carboxylic acids is 1. The molecule has 228 valence electrons. The number of ether oxygens (including phenoxy) is 1. The number of hydrogen-bond acceptors (Lipinski definition) is 6. The zero-order valence-corrected chi connectivity index (χ0v) is 26.0. The molecule has 1 fully saturated rings. The highest BCUT2D eigenvalue weighted by Crippen LogP contribution is 2.39. The third-order valence-electron chi connectivity index (χ3n) is 7.31. The lowest BCUT2D eigenvalue weighted by Gasteiger charge is -2.34. The minimum Gasteiger partial charge on any atom is -0.493 e. The maximum atomic E-state index is 12.7. The van der Waals surface area contributed by atoms with E-state index in [9.17, 15) is 14.7 Å². The van der Waals surface area contributed by atoms with Crippen molar-refractivity contribution in [1.29, 1.82) is 0 Å². The number of carbonyl (C=O) groups is 2. The molecule has 2 aliphatic rings. The van der Waals surface area contributed by atoms with Gasteiger partial charge < -0.3 is 24.9 Å². The SMILES string of the molecule is C/C=C/C=C/C(=O)N1Cc2cc(OCCc3nc(/C=C/C4(C)CCCC4)oc3C)ccc2C[C@H]1C(=O)O.CC(C)(C)N. The number of hydrogen-bond donors (Lipinski definition) is 2. The average Bonchev–Trinajstić information content (AvgIpc) is 3.51. The van der Waals surface area contributed by atoms with Crippen LogP contribution in [0.4, 0.5) is 0 Å². The van der Waals surface area contributed by atoms with Gasteiger partial charge >= 0.3 is 5.97 Å². The van der Waals surface area contributed by atoms with Gasteiger partial charge in [-0.25, -0.2) is 9.78 Å². The minimum absolute atomic E-state index is 0. The lowest BCUT2D eigenvalue weighted by molar-refractivity contribution is -0.149. The monoisotopic (exact) mass is 577 g/mol. The maximum Gasteiger partial charge on any atom is 0.326 e. The summed E-state index contributed by atoms with van der Waals surface area (Å²) in [5, 5.41) is 9.68. The molecule has 8 heteroatoms. The van der Waals surface area contributed by atoms with E-state index in [0.29, 0.717) is 24.7 Å². The van der Waals surface area contributed by atoms with Gasteiger partial charge in [-0.2, -0.15) is 0 Å². The molecule has 0 radical (unpaired) electrons. The lowest BCUT2D eigenvalue weighted by atomic mass is 9.88. The predicted octanol–water partition coefficient (Wildman–Crippen LogP) is 6.41. The third kappa shape index (κ3) is 10.0. The van der Waals surface area contributed by atoms with Gasteiger partial charge in [0.1, 0.15) is 17.6 Å². The van der Waals surface area contributed by atoms with Crippen LogP contribution in [0.5, 0.6) is 5.75 Å². The van der Waals surface area contributed by atoms with E-state index < -0.39 is 12.0 Å². The van der Waals surface area contributed by atoms with Crippen LogP contribution in [0.3, 0.4) is 0 Å². The van der Waals surface area contributed by atoms with Gasteiger partial charge in [0.25, 0.3) is 0 Å². The normalized spacial score (nSPS) is 18.4. The molecule has 0 spiro atoms. The van der Waals surface area contributed by atoms with Crippen LogP contribution in [0.2, 0.25) is 0 Å². The number of aryl methyl sites for hydroxylation is 1. The number of allylic oxidation sites excluding steroid dienone is 4. The van der Waals surface area contributed by atoms with E-state index in [2.05, 4.69) is 18.0 Å². The molecule has 1 saturated carbocycles. The summed E-state index contributed by atoms with van der Waals surface area (Å²) >= 11 is 0. The molecule has 8 nitrogen and oxygen atoms in total. The molecule has 3 N–H and O–H groups in total. The fourth-order valence-corrected chi connectivity index (χ4v) is 5.09. The molecule has 1 atom stereocenters. The van der Waals surface area contributed by atoms with Crippen LogP contribution in [0.1, 0.15) is 88.8 Å². The number of benzene rings is 1. The van der Waals surface area contributed by atoms with Gasteiger partial charge in [-0.3, -0.25) is 4.79 Å². The van der Waals surface area contributed by atoms with Gasteiger partial charge in [-0.15, -0.1) is 0 Å². The lowest BCUT2D eigenvalue weighted by Crippen LogP contribution is -2.48. The second-order valence-electron chi connectivity index (χ2n) is 12.6. The maximum absolute atomic E-state index is 12.7. The molecule has 0 bridgehead atoms. The summed E-state index contributed by atoms with van der Waals surface area (Å²) < 4.78 is 11.9. The summed E-state index contributed by atoms with van der Waals surface area (Å²) in [7, 11) is 0. The second kappa shape index (κ2) is 14.5. The first kappa shape index (κ1) is 32.9. The van der Waals surface area contributed by atoms with Crippen LogP contribution in [0, 0.1) is 12.3 Å². The summed E-state index contributed by atoms with van der Waals surface area (Å²) in [6, 6.07) is 4.76. The Balaban J connectivity index is 0.000000892. The van der Waals surface area contributed by atoms with Crippen molar-refractivity contribution in [2.24, 2.45) is 11.1 Å². The van der Waals surface area contributed by atoms with Crippen LogP contribution in [0.15, 0.2) is 53.0 Å². The van der Waals surface area contributed by atoms with Crippen molar-refractivity contribution in [3.05, 3.63) is 77.1 Å². The van der Waals surface area contributed by atoms with E-state index in [0.717, 1.165) is 22.6 Å². The Morgan fingerprint density at radius 1 is 1.21 bits per heavy atom. The Labute approximate surface area is 250 Å². The third-order valence-corrected chi connectivity index (χ3v) is 7.31. The van der Waals surface area contributed by atoms with Gasteiger partial charge in [-0.05, 0) is 82.2 Å². The van der Waals surface area contributed by atoms with Crippen molar-refractivity contribution >= 4 is 18.0 Å². The highest BCUT2D eigenvalue weighted by Gasteiger charge is 2.34. The smallest absolute Gasteiger partial charge is 0.326 e. The molecule has 2 heterocycles. The standard InChI is InChI=1S/C30H36N2O5.C4H11N/c1-4-5-6-9-28(33)32-20-23-18-24(11-10-22(23)19-26(32)29(34)35)36-17-13-25-21(2)37-27(31-25)12-16-30(3)14-7-8-15-30;1-4(2,3)5/h4-6,9-12,16,18,26H,7-8,13-15,17,19-20H2,1-3H3,(H,34,35);5H2,1-3H3/b5-4+,9-6+,16-12+;/t26-;/m0./s1. The van der Waals surface area contributed by atoms with Gasteiger partial charge in [0.15, 0.2) is 0 Å². The van der Waals surface area contributed by atoms with Gasteiger partial charge in [0, 0.05) is 31.0 Å². The van der Waals surface area contributed by atoms with Crippen molar-refractivity contribution in [3.63, 3.8) is 0 Å². The molecule has 0 saturated heterocycles. The average molecular weight is 578 g/mol. The highest BCUT2D eigenvalue weighted by molar-refractivity contribution is 5.92. The Morgan fingerprint density at radius 2 is 1.90 bits per heavy atom. The molecule has 0 unspecified atom stereocenters. The molecule has 1 aliphatic heterocycles. The molecule has 1 amide bonds. The summed E-state index contributed by atoms with van der Waals surface area (Å²) in [5.74, 6) is 0.782. The Morgan fingerprint density at radius 3 is 2.55 bits per heavy atom. The predicted molar refractivity (Wildman–Crippen MR) is 166 cm³/mol. The molecule has 1 aromatic carbocycles. The number of nitrogens with zero attached hydrogens (tertiary/aromatic N) is 2. The summed E-state index contributed by atoms with van der Waals surface area (Å²) in [5.41, 5.74) is 8.29. The zero-order chi connectivity index (χ0) is 30.9. The molecule has 1 aliphatic carbocycles. The minimum atomic E-state index is -1.01. The summed E-state index contributed by atoms with van der Waals surface area (Å²) in [6.07, 6.45) is 16.7. The number of aromatic nitrogens is 1. The molecular weight excluding hydrogens is 530 g/mol. The van der Waals surface area contributed by atoms with Crippen molar-refractivity contribution in [3.8, 4) is 5.75 Å². The van der Waals surface area contributed by atoms with Crippen LogP contribution >= 0.6 is 0 Å². The van der Waals surface area contributed by atoms with Crippen molar-refractivity contribution in [2.75, 3.05) is 6.61 Å². The molecule has 2 aromatic rings. The number of aliphatic carboxylic acids is 1. The number of amides is 1. The Hall–Kier alpha value is -3.65. The van der Waals surface area contributed by atoms with Gasteiger partial charge in [0.2, 0.25) is 11.8 Å². The van der Waals surface area contributed by atoms with Crippen LogP contribution < -0.4 is 10.5 Å². The first-order valence-electron chi connectivity index (χ1n) is 14.8. The molecule has 1 aromatic heterocycles. The zero-order valence-electron chi connectivity index (χ0n) is 26.0. The summed E-state index contributed by atoms with van der Waals surface area (Å²) in [4.78, 5) is 30.5. The number of nitrogens with two attached hydrogens (primary N) is 1. The van der Waals surface area contributed by atoms with E-state index in [1.165, 1.54) is 36.7 Å². The molecule has 42 heavy (non-hydrogen) atoms. The second-order valence-corrected chi connectivity index (χ2v) is 12.6. The number of fused-ring (bicyclic) bond motifs is 1. The van der Waals surface area contributed by atoms with Crippen molar-refractivity contribution < 1.29 is 23.8 Å². The molecular formula is C34H47N3O5. The van der Waals surface area contributed by atoms with Crippen LogP contribution in [0.25, 0.3) is 6.08 Å². The number of oxazole rings is 1. The van der Waals surface area contributed by atoms with Crippen LogP contribution in [-0.2, 0) is 29.0 Å². The van der Waals surface area contributed by atoms with E-state index >= 15 is 0 Å². The van der Waals surface area contributed by atoms with E-state index in [4.69, 9.17) is 14.9 Å². The van der Waals surface area contributed by atoms with Gasteiger partial charge in [-0.1, -0.05) is 50.1 Å². The fourth-order valence-electron chi connectivity index (χ4n) is 5.09. The first-order valence-corrected chi connectivity index (χ1v) is 14.8. The first-order chi connectivity index (χ1) is 19.8. The Kier molecular flexibility index (Phi) is 11.3. The Bertz CT molecular complexity index is 1300. The van der Waals surface area contributed by atoms with Gasteiger partial charge in [0.05, 0.1) is 12.3 Å². The quantitative estimate of drug-likeness (QED) is 0.261. The van der Waals surface area contributed by atoms with Crippen LogP contribution in [-0.4, -0.2) is 45.1 Å². The van der Waals surface area contributed by atoms with E-state index in [1.807, 2.05) is 65.0 Å². The highest BCUT2D eigenvalue weighted by atomic mass is 16.5. The topological polar surface area (TPSA) is 119 Å². The number of carboxylic acid groups (broad SMARTS) is 1. The van der Waals surface area contributed by atoms with E-state index in [1.54, 1.807) is 12.2 Å². The van der Waals surface area contributed by atoms with E-state index in [-0.39, 0.29) is 29.8 Å². The fraction of sp³-hybridized carbons (Fsp3) is 0.500. The largest absolute Gasteiger partial charge is 0.493 e. The van der Waals surface area contributed by atoms with Crippen molar-refractivity contribution in [2.45, 2.75) is 98.2 Å². The molecule has 4 rings (SSSR count). The summed E-state index contributed by atoms with van der Waals surface area (Å²) in [6.45, 7) is 12.6. The number of rotatable bonds is 9.